The highest BCUT2D eigenvalue weighted by atomic mass is 14.9. The Hall–Kier alpha value is -2.28. The molecule has 0 spiro atoms. The summed E-state index contributed by atoms with van der Waals surface area (Å²) < 4.78 is 2.22. The van der Waals surface area contributed by atoms with E-state index in [2.05, 4.69) is 71.6 Å². The van der Waals surface area contributed by atoms with Crippen molar-refractivity contribution in [1.82, 2.24) is 4.57 Å². The summed E-state index contributed by atoms with van der Waals surface area (Å²) in [6.07, 6.45) is 16.6. The van der Waals surface area contributed by atoms with E-state index < -0.39 is 0 Å². The number of nitrogens with zero attached hydrogens (tertiary/aromatic N) is 1. The largest absolute Gasteiger partial charge is 0.323 e. The Labute approximate surface area is 106 Å². The molecule has 1 aromatic carbocycles. The van der Waals surface area contributed by atoms with E-state index in [1.54, 1.807) is 0 Å². The van der Waals surface area contributed by atoms with Gasteiger partial charge in [0.1, 0.15) is 0 Å². The van der Waals surface area contributed by atoms with Gasteiger partial charge in [-0.25, -0.2) is 0 Å². The molecule has 0 fully saturated rings. The summed E-state index contributed by atoms with van der Waals surface area (Å²) in [5, 5.41) is 2.65. The maximum absolute atomic E-state index is 2.30. The second kappa shape index (κ2) is 3.61. The molecule has 2 aromatic rings. The quantitative estimate of drug-likeness (QED) is 0.560. The Morgan fingerprint density at radius 1 is 0.944 bits per heavy atom. The molecule has 2 aliphatic rings. The molecule has 0 atom stereocenters. The molecule has 1 aliphatic heterocycles. The third kappa shape index (κ3) is 1.34. The molecular weight excluding hydrogens is 218 g/mol. The van der Waals surface area contributed by atoms with Crippen molar-refractivity contribution in [3.63, 3.8) is 0 Å². The lowest BCUT2D eigenvalue weighted by atomic mass is 10.1. The molecule has 1 aromatic heterocycles. The van der Waals surface area contributed by atoms with Gasteiger partial charge < -0.3 is 4.57 Å². The van der Waals surface area contributed by atoms with E-state index in [4.69, 9.17) is 0 Å². The van der Waals surface area contributed by atoms with E-state index in [0.717, 1.165) is 6.42 Å². The third-order valence-electron chi connectivity index (χ3n) is 3.60. The van der Waals surface area contributed by atoms with Crippen molar-refractivity contribution in [3.8, 4) is 0 Å². The highest BCUT2D eigenvalue weighted by Gasteiger charge is 2.07. The Balaban J connectivity index is 2.12. The first-order valence-electron chi connectivity index (χ1n) is 6.28. The van der Waals surface area contributed by atoms with E-state index in [1.165, 1.54) is 27.3 Å². The maximum Gasteiger partial charge on any atom is 0.0531 e. The number of rotatable bonds is 0. The summed E-state index contributed by atoms with van der Waals surface area (Å²) in [6.45, 7) is 0. The third-order valence-corrected chi connectivity index (χ3v) is 3.60. The van der Waals surface area contributed by atoms with Crippen LogP contribution in [0, 0.1) is 0 Å². The number of hydrogen-bond acceptors (Lipinski definition) is 0. The second-order valence-electron chi connectivity index (χ2n) is 4.72. The average molecular weight is 231 g/mol. The van der Waals surface area contributed by atoms with Gasteiger partial charge in [-0.3, -0.25) is 0 Å². The molecule has 1 aliphatic carbocycles. The van der Waals surface area contributed by atoms with Crippen LogP contribution in [0.2, 0.25) is 0 Å². The van der Waals surface area contributed by atoms with Crippen molar-refractivity contribution < 1.29 is 0 Å². The van der Waals surface area contributed by atoms with Crippen LogP contribution < -0.4 is 10.6 Å². The van der Waals surface area contributed by atoms with Crippen LogP contribution in [0.15, 0.2) is 36.5 Å². The van der Waals surface area contributed by atoms with Crippen molar-refractivity contribution in [1.29, 1.82) is 0 Å². The van der Waals surface area contributed by atoms with Crippen molar-refractivity contribution in [2.24, 2.45) is 0 Å². The SMILES string of the molecule is C1=Cc2cn3c(c2=CC1)=Cc1ccccc1C=C3. The summed E-state index contributed by atoms with van der Waals surface area (Å²) in [5.74, 6) is 0. The summed E-state index contributed by atoms with van der Waals surface area (Å²) in [7, 11) is 0. The van der Waals surface area contributed by atoms with Crippen LogP contribution in [0.1, 0.15) is 23.1 Å². The number of benzene rings is 1. The Kier molecular flexibility index (Phi) is 1.95. The fourth-order valence-electron chi connectivity index (χ4n) is 2.69. The van der Waals surface area contributed by atoms with Gasteiger partial charge in [-0.2, -0.15) is 0 Å². The van der Waals surface area contributed by atoms with Crippen LogP contribution in [0.4, 0.5) is 0 Å². The first-order chi connectivity index (χ1) is 8.92. The topological polar surface area (TPSA) is 4.93 Å². The smallest absolute Gasteiger partial charge is 0.0531 e. The molecule has 86 valence electrons. The Morgan fingerprint density at radius 2 is 1.83 bits per heavy atom. The minimum absolute atomic E-state index is 1.03. The minimum atomic E-state index is 1.03. The van der Waals surface area contributed by atoms with E-state index in [0.29, 0.717) is 0 Å². The van der Waals surface area contributed by atoms with Gasteiger partial charge in [0.25, 0.3) is 0 Å². The zero-order valence-electron chi connectivity index (χ0n) is 10.0. The Bertz CT molecular complexity index is 801. The first-order valence-corrected chi connectivity index (χ1v) is 6.28. The molecule has 2 heterocycles. The molecular formula is C17H13N. The molecule has 0 saturated carbocycles. The predicted molar refractivity (Wildman–Crippen MR) is 77.0 cm³/mol. The van der Waals surface area contributed by atoms with Gasteiger partial charge in [0, 0.05) is 17.6 Å². The molecule has 1 nitrogen and oxygen atoms in total. The Morgan fingerprint density at radius 3 is 2.78 bits per heavy atom. The lowest BCUT2D eigenvalue weighted by molar-refractivity contribution is 1.11. The van der Waals surface area contributed by atoms with E-state index in [1.807, 2.05) is 0 Å². The van der Waals surface area contributed by atoms with Gasteiger partial charge in [0.2, 0.25) is 0 Å². The zero-order chi connectivity index (χ0) is 11.9. The van der Waals surface area contributed by atoms with Crippen molar-refractivity contribution >= 4 is 30.5 Å². The lowest BCUT2D eigenvalue weighted by Crippen LogP contribution is -2.28. The van der Waals surface area contributed by atoms with E-state index >= 15 is 0 Å². The van der Waals surface area contributed by atoms with Gasteiger partial charge in [-0.05, 0) is 35.3 Å². The normalized spacial score (nSPS) is 14.9. The van der Waals surface area contributed by atoms with Crippen molar-refractivity contribution in [2.45, 2.75) is 6.42 Å². The summed E-state index contributed by atoms with van der Waals surface area (Å²) in [5.41, 5.74) is 3.88. The van der Waals surface area contributed by atoms with Crippen LogP contribution in [-0.4, -0.2) is 4.57 Å². The number of allylic oxidation sites excluding steroid dienone is 1. The van der Waals surface area contributed by atoms with Gasteiger partial charge in [-0.15, -0.1) is 0 Å². The summed E-state index contributed by atoms with van der Waals surface area (Å²) in [6, 6.07) is 8.51. The van der Waals surface area contributed by atoms with Crippen LogP contribution >= 0.6 is 0 Å². The molecule has 0 bridgehead atoms. The zero-order valence-corrected chi connectivity index (χ0v) is 10.0. The number of hydrogen-bond donors (Lipinski definition) is 0. The van der Waals surface area contributed by atoms with E-state index in [9.17, 15) is 0 Å². The average Bonchev–Trinajstić information content (AvgIpc) is 2.65. The predicted octanol–water partition coefficient (Wildman–Crippen LogP) is 2.46. The second-order valence-corrected chi connectivity index (χ2v) is 4.72. The molecule has 4 rings (SSSR count). The highest BCUT2D eigenvalue weighted by molar-refractivity contribution is 5.74. The fourth-order valence-corrected chi connectivity index (χ4v) is 2.69. The van der Waals surface area contributed by atoms with Crippen LogP contribution in [0.3, 0.4) is 0 Å². The van der Waals surface area contributed by atoms with Crippen LogP contribution in [0.25, 0.3) is 30.5 Å². The van der Waals surface area contributed by atoms with E-state index in [-0.39, 0.29) is 0 Å². The standard InChI is InChI=1S/C17H13N/c1-2-6-14-11-17-16-8-4-3-7-15(16)12-18(17)10-9-13(14)5-1/h1-3,5-12H,4H2. The van der Waals surface area contributed by atoms with Gasteiger partial charge >= 0.3 is 0 Å². The molecule has 0 saturated heterocycles. The molecule has 0 N–H and O–H groups in total. The lowest BCUT2D eigenvalue weighted by Gasteiger charge is -1.98. The highest BCUT2D eigenvalue weighted by Crippen LogP contribution is 2.14. The molecule has 1 heteroatoms. The molecule has 0 radical (unpaired) electrons. The van der Waals surface area contributed by atoms with Crippen LogP contribution in [0.5, 0.6) is 0 Å². The van der Waals surface area contributed by atoms with Crippen molar-refractivity contribution in [3.05, 3.63) is 63.8 Å². The minimum Gasteiger partial charge on any atom is -0.323 e. The monoisotopic (exact) mass is 231 g/mol. The van der Waals surface area contributed by atoms with Gasteiger partial charge in [-0.1, -0.05) is 42.5 Å². The van der Waals surface area contributed by atoms with Gasteiger partial charge in [0.15, 0.2) is 0 Å². The molecule has 0 amide bonds. The number of aromatic nitrogens is 1. The molecule has 0 unspecified atom stereocenters. The van der Waals surface area contributed by atoms with Crippen LogP contribution in [-0.2, 0) is 0 Å². The summed E-state index contributed by atoms with van der Waals surface area (Å²) >= 11 is 0. The molecule has 18 heavy (non-hydrogen) atoms. The van der Waals surface area contributed by atoms with Crippen molar-refractivity contribution in [2.75, 3.05) is 0 Å². The maximum atomic E-state index is 2.30. The first kappa shape index (κ1) is 9.72. The fraction of sp³-hybridized carbons (Fsp3) is 0.0588. The van der Waals surface area contributed by atoms with Gasteiger partial charge in [0.05, 0.1) is 5.35 Å². The number of fused-ring (bicyclic) bond motifs is 4. The summed E-state index contributed by atoms with van der Waals surface area (Å²) in [4.78, 5) is 0.